The second kappa shape index (κ2) is 16.6. The maximum atomic E-state index is 13.4. The summed E-state index contributed by atoms with van der Waals surface area (Å²) < 4.78 is 39.4. The van der Waals surface area contributed by atoms with Crippen molar-refractivity contribution in [2.45, 2.75) is 81.9 Å². The maximum Gasteiger partial charge on any atom is 0.330 e. The van der Waals surface area contributed by atoms with Crippen LogP contribution in [0, 0.1) is 0 Å². The van der Waals surface area contributed by atoms with Gasteiger partial charge in [0.25, 0.3) is 5.56 Å². The molecule has 13 nitrogen and oxygen atoms in total. The smallest absolute Gasteiger partial charge is 0.330 e. The third kappa shape index (κ3) is 8.68. The van der Waals surface area contributed by atoms with Crippen LogP contribution in [-0.4, -0.2) is 68.9 Å². The minimum Gasteiger partial charge on any atom is -0.497 e. The highest BCUT2D eigenvalue weighted by atomic mass is 28.4. The second-order valence-electron chi connectivity index (χ2n) is 14.7. The first-order valence-corrected chi connectivity index (χ1v) is 20.6. The number of hydrogen-bond acceptors (Lipinski definition) is 10. The average molecular weight is 760 g/mol. The number of H-pyrrole nitrogens is 1. The van der Waals surface area contributed by atoms with Gasteiger partial charge in [-0.2, -0.15) is 0 Å². The molecule has 3 aromatic carbocycles. The fourth-order valence-corrected chi connectivity index (χ4v) is 7.47. The topological polar surface area (TPSA) is 170 Å². The molecule has 4 atom stereocenters. The molecule has 0 aliphatic carbocycles. The van der Waals surface area contributed by atoms with Crippen LogP contribution < -0.4 is 26.5 Å². The van der Waals surface area contributed by atoms with E-state index < -0.39 is 61.6 Å². The summed E-state index contributed by atoms with van der Waals surface area (Å²) in [5, 5.41) is -0.292. The first kappa shape index (κ1) is 40.2. The Hall–Kier alpha value is -5.02. The predicted octanol–water partition coefficient (Wildman–Crippen LogP) is 5.03. The highest BCUT2D eigenvalue weighted by Crippen LogP contribution is 2.48. The van der Waals surface area contributed by atoms with Gasteiger partial charge in [-0.05, 0) is 59.1 Å². The third-order valence-electron chi connectivity index (χ3n) is 10.1. The van der Waals surface area contributed by atoms with Gasteiger partial charge in [-0.3, -0.25) is 23.9 Å². The molecule has 2 heterocycles. The number of methoxy groups -OCH3 is 2. The number of carbonyl (C=O) groups excluding carboxylic acids is 2. The van der Waals surface area contributed by atoms with E-state index in [1.54, 1.807) is 14.2 Å². The van der Waals surface area contributed by atoms with E-state index in [9.17, 15) is 19.2 Å². The molecule has 0 saturated carbocycles. The van der Waals surface area contributed by atoms with Crippen molar-refractivity contribution in [2.75, 3.05) is 20.8 Å². The van der Waals surface area contributed by atoms with Crippen LogP contribution >= 0.6 is 0 Å². The predicted molar refractivity (Wildman–Crippen MR) is 204 cm³/mol. The van der Waals surface area contributed by atoms with Crippen LogP contribution in [0.4, 0.5) is 0 Å². The zero-order valence-electron chi connectivity index (χ0n) is 31.7. The number of hydrogen-bond donors (Lipinski definition) is 2. The Morgan fingerprint density at radius 2 is 1.37 bits per heavy atom. The molecule has 54 heavy (non-hydrogen) atoms. The van der Waals surface area contributed by atoms with Gasteiger partial charge in [0.1, 0.15) is 42.0 Å². The van der Waals surface area contributed by atoms with E-state index in [0.29, 0.717) is 11.5 Å². The van der Waals surface area contributed by atoms with E-state index in [4.69, 9.17) is 33.8 Å². The molecule has 1 saturated heterocycles. The molecule has 1 aliphatic heterocycles. The van der Waals surface area contributed by atoms with Gasteiger partial charge in [-0.1, -0.05) is 75.4 Å². The van der Waals surface area contributed by atoms with Gasteiger partial charge < -0.3 is 33.8 Å². The molecule has 1 amide bonds. The Balaban J connectivity index is 1.76. The minimum absolute atomic E-state index is 0.192. The lowest BCUT2D eigenvalue weighted by Crippen LogP contribution is -2.52. The summed E-state index contributed by atoms with van der Waals surface area (Å²) in [7, 11) is 0.487. The van der Waals surface area contributed by atoms with E-state index in [0.717, 1.165) is 16.7 Å². The molecule has 0 unspecified atom stereocenters. The van der Waals surface area contributed by atoms with E-state index in [-0.39, 0.29) is 24.5 Å². The van der Waals surface area contributed by atoms with Crippen molar-refractivity contribution in [1.29, 1.82) is 0 Å². The van der Waals surface area contributed by atoms with Crippen LogP contribution in [-0.2, 0) is 33.8 Å². The number of nitrogens with two attached hydrogens (primary N) is 1. The van der Waals surface area contributed by atoms with Crippen molar-refractivity contribution in [3.63, 3.8) is 0 Å². The molecule has 14 heteroatoms. The average Bonchev–Trinajstić information content (AvgIpc) is 3.46. The van der Waals surface area contributed by atoms with Gasteiger partial charge in [-0.15, -0.1) is 0 Å². The van der Waals surface area contributed by atoms with Crippen LogP contribution in [0.5, 0.6) is 11.5 Å². The van der Waals surface area contributed by atoms with Gasteiger partial charge in [0.05, 0.1) is 20.6 Å². The van der Waals surface area contributed by atoms with Crippen molar-refractivity contribution in [1.82, 2.24) is 9.55 Å². The van der Waals surface area contributed by atoms with Gasteiger partial charge >= 0.3 is 11.7 Å². The van der Waals surface area contributed by atoms with Gasteiger partial charge in [-0.25, -0.2) is 4.79 Å². The quantitative estimate of drug-likeness (QED) is 0.0953. The zero-order chi connectivity index (χ0) is 39.3. The molecular formula is C40H49N3O10Si. The Morgan fingerprint density at radius 1 is 0.815 bits per heavy atom. The van der Waals surface area contributed by atoms with Crippen LogP contribution in [0.25, 0.3) is 0 Å². The van der Waals surface area contributed by atoms with Gasteiger partial charge in [0.15, 0.2) is 14.5 Å². The van der Waals surface area contributed by atoms with Gasteiger partial charge in [0.2, 0.25) is 5.91 Å². The molecule has 0 bridgehead atoms. The molecule has 1 aromatic heterocycles. The molecule has 5 rings (SSSR count). The van der Waals surface area contributed by atoms with E-state index >= 15 is 0 Å². The first-order valence-electron chi connectivity index (χ1n) is 17.7. The van der Waals surface area contributed by atoms with Crippen molar-refractivity contribution < 1.29 is 37.7 Å². The minimum atomic E-state index is -2.69. The molecule has 1 fully saturated rings. The highest BCUT2D eigenvalue weighted by molar-refractivity contribution is 6.74. The van der Waals surface area contributed by atoms with Crippen LogP contribution in [0.2, 0.25) is 18.1 Å². The summed E-state index contributed by atoms with van der Waals surface area (Å²) in [5.74, 6) is -0.0337. The number of aromatic nitrogens is 2. The van der Waals surface area contributed by atoms with Crippen LogP contribution in [0.3, 0.4) is 0 Å². The Morgan fingerprint density at radius 3 is 1.87 bits per heavy atom. The van der Waals surface area contributed by atoms with E-state index in [1.165, 1.54) is 16.8 Å². The standard InChI is InChI=1S/C40H49N3O10Si/c1-39(2,3)54(6,7)53-36-35(31(25-50-34(46)22-21-32(41)44)51-37(36)43-24-23-33(45)42-38(43)47)52-40(26-11-9-8-10-12-26,27-13-17-29(48-4)18-14-27)28-15-19-30(49-5)20-16-28/h8-20,23-24,31,35-37H,21-22,25H2,1-7H3,(H2,41,44)(H,42,45,47)/t31-,35-,36-,37-/m1/s1. The molecular weight excluding hydrogens is 711 g/mol. The summed E-state index contributed by atoms with van der Waals surface area (Å²) in [6.07, 6.45) is -3.19. The van der Waals surface area contributed by atoms with Crippen molar-refractivity contribution in [3.8, 4) is 11.5 Å². The Bertz CT molecular complexity index is 1960. The lowest BCUT2D eigenvalue weighted by atomic mass is 9.79. The molecule has 4 aromatic rings. The van der Waals surface area contributed by atoms with E-state index in [2.05, 4.69) is 38.8 Å². The Labute approximate surface area is 315 Å². The number of amides is 1. The molecule has 288 valence electrons. The number of rotatable bonds is 15. The summed E-state index contributed by atoms with van der Waals surface area (Å²) in [6, 6.07) is 25.9. The van der Waals surface area contributed by atoms with Crippen molar-refractivity contribution >= 4 is 20.2 Å². The third-order valence-corrected chi connectivity index (χ3v) is 14.6. The lowest BCUT2D eigenvalue weighted by molar-refractivity contribution is -0.155. The number of aromatic amines is 1. The normalized spacial score (nSPS) is 18.9. The summed E-state index contributed by atoms with van der Waals surface area (Å²) in [6.45, 7) is 10.1. The SMILES string of the molecule is COc1ccc(C(O[C@H]2[C@@H](O[Si](C)(C)C(C)(C)C)[C@H](n3ccc(=O)[nH]c3=O)O[C@@H]2COC(=O)CCC(N)=O)(c2ccccc2)c2ccc(OC)cc2)cc1. The Kier molecular flexibility index (Phi) is 12.3. The number of nitrogens with zero attached hydrogens (tertiary/aromatic N) is 1. The number of carbonyl (C=O) groups is 2. The molecule has 3 N–H and O–H groups in total. The number of primary amides is 1. The van der Waals surface area contributed by atoms with Crippen molar-refractivity contribution in [2.24, 2.45) is 5.73 Å². The van der Waals surface area contributed by atoms with Gasteiger partial charge in [0, 0.05) is 18.7 Å². The van der Waals surface area contributed by atoms with Crippen LogP contribution in [0.1, 0.15) is 56.5 Å². The number of benzene rings is 3. The molecule has 0 radical (unpaired) electrons. The summed E-state index contributed by atoms with van der Waals surface area (Å²) in [5.41, 5.74) is 4.86. The van der Waals surface area contributed by atoms with Crippen LogP contribution in [0.15, 0.2) is 101 Å². The monoisotopic (exact) mass is 759 g/mol. The highest BCUT2D eigenvalue weighted by Gasteiger charge is 2.55. The van der Waals surface area contributed by atoms with Crippen molar-refractivity contribution in [3.05, 3.63) is 129 Å². The maximum absolute atomic E-state index is 13.4. The zero-order valence-corrected chi connectivity index (χ0v) is 32.7. The molecule has 1 aliphatic rings. The van der Waals surface area contributed by atoms with E-state index in [1.807, 2.05) is 78.9 Å². The number of nitrogens with one attached hydrogen (secondary N) is 1. The fourth-order valence-electron chi connectivity index (χ4n) is 6.18. The summed E-state index contributed by atoms with van der Waals surface area (Å²) >= 11 is 0. The number of ether oxygens (including phenoxy) is 5. The second-order valence-corrected chi connectivity index (χ2v) is 19.4. The largest absolute Gasteiger partial charge is 0.497 e. The number of esters is 1. The summed E-state index contributed by atoms with van der Waals surface area (Å²) in [4.78, 5) is 52.3. The lowest BCUT2D eigenvalue weighted by Gasteiger charge is -2.44. The first-order chi connectivity index (χ1) is 25.6. The molecule has 0 spiro atoms. The fraction of sp³-hybridized carbons (Fsp3) is 0.400.